The quantitative estimate of drug-likeness (QED) is 0.536. The number of benzene rings is 2. The molecule has 4 rings (SSSR count). The highest BCUT2D eigenvalue weighted by atomic mass is 35.5. The van der Waals surface area contributed by atoms with Crippen LogP contribution in [0.2, 0.25) is 5.02 Å². The van der Waals surface area contributed by atoms with Crippen LogP contribution in [0.15, 0.2) is 57.9 Å². The van der Waals surface area contributed by atoms with E-state index in [2.05, 4.69) is 10.1 Å². The fourth-order valence-electron chi connectivity index (χ4n) is 3.46. The summed E-state index contributed by atoms with van der Waals surface area (Å²) < 4.78 is 71.5. The van der Waals surface area contributed by atoms with Crippen molar-refractivity contribution in [2.24, 2.45) is 0 Å². The maximum Gasteiger partial charge on any atom is 0.416 e. The minimum atomic E-state index is -4.63. The summed E-state index contributed by atoms with van der Waals surface area (Å²) in [5.74, 6) is 0.279. The molecular weight excluding hydrogens is 455 g/mol. The Morgan fingerprint density at radius 3 is 2.58 bits per heavy atom. The molecule has 1 aliphatic rings. The number of sulfonamides is 1. The fraction of sp³-hybridized carbons (Fsp3) is 0.300. The molecule has 0 N–H and O–H groups in total. The number of aromatic nitrogens is 2. The van der Waals surface area contributed by atoms with Gasteiger partial charge in [0.1, 0.15) is 0 Å². The van der Waals surface area contributed by atoms with Crippen LogP contribution in [-0.4, -0.2) is 36.0 Å². The molecule has 164 valence electrons. The summed E-state index contributed by atoms with van der Waals surface area (Å²) in [5.41, 5.74) is -0.310. The molecular formula is C20H17ClF3N3O3S. The lowest BCUT2D eigenvalue weighted by atomic mass is 10.00. The van der Waals surface area contributed by atoms with Crippen molar-refractivity contribution in [3.63, 3.8) is 0 Å². The number of nitrogens with zero attached hydrogens (tertiary/aromatic N) is 3. The molecule has 0 aliphatic carbocycles. The molecule has 0 amide bonds. The van der Waals surface area contributed by atoms with Gasteiger partial charge in [0.25, 0.3) is 0 Å². The molecule has 1 fully saturated rings. The second kappa shape index (κ2) is 8.25. The Kier molecular flexibility index (Phi) is 5.80. The molecule has 0 bridgehead atoms. The zero-order valence-electron chi connectivity index (χ0n) is 16.0. The van der Waals surface area contributed by atoms with Gasteiger partial charge in [-0.3, -0.25) is 0 Å². The minimum Gasteiger partial charge on any atom is -0.339 e. The highest BCUT2D eigenvalue weighted by Gasteiger charge is 2.36. The Balaban J connectivity index is 1.55. The van der Waals surface area contributed by atoms with Crippen LogP contribution in [0.3, 0.4) is 0 Å². The van der Waals surface area contributed by atoms with Crippen molar-refractivity contribution in [3.05, 3.63) is 65.0 Å². The molecule has 2 aromatic carbocycles. The second-order valence-corrected chi connectivity index (χ2v) is 9.57. The predicted octanol–water partition coefficient (Wildman–Crippen LogP) is 4.98. The maximum atomic E-state index is 13.0. The minimum absolute atomic E-state index is 0.0425. The van der Waals surface area contributed by atoms with E-state index >= 15 is 0 Å². The summed E-state index contributed by atoms with van der Waals surface area (Å²) in [6.45, 7) is 0.244. The summed E-state index contributed by atoms with van der Waals surface area (Å²) in [6, 6.07) is 10.6. The SMILES string of the molecule is O=S(=O)(c1cccc(C(F)(F)F)c1)N1CCC[C@H](c2nc(-c3ccc(Cl)cc3)no2)C1. The summed E-state index contributed by atoms with van der Waals surface area (Å²) in [6.07, 6.45) is -3.49. The first-order valence-corrected chi connectivity index (χ1v) is 11.2. The van der Waals surface area contributed by atoms with Gasteiger partial charge in [-0.25, -0.2) is 8.42 Å². The molecule has 2 heterocycles. The summed E-state index contributed by atoms with van der Waals surface area (Å²) >= 11 is 5.88. The number of piperidine rings is 1. The first-order valence-electron chi connectivity index (χ1n) is 9.41. The third kappa shape index (κ3) is 4.60. The van der Waals surface area contributed by atoms with Gasteiger partial charge in [-0.05, 0) is 55.3 Å². The van der Waals surface area contributed by atoms with Crippen LogP contribution < -0.4 is 0 Å². The van der Waals surface area contributed by atoms with Crippen molar-refractivity contribution in [2.75, 3.05) is 13.1 Å². The van der Waals surface area contributed by atoms with Gasteiger partial charge >= 0.3 is 6.18 Å². The van der Waals surface area contributed by atoms with Gasteiger partial charge < -0.3 is 4.52 Å². The molecule has 1 saturated heterocycles. The lowest BCUT2D eigenvalue weighted by Gasteiger charge is -2.30. The van der Waals surface area contributed by atoms with Gasteiger partial charge in [-0.1, -0.05) is 22.8 Å². The van der Waals surface area contributed by atoms with Crippen molar-refractivity contribution in [1.29, 1.82) is 0 Å². The lowest BCUT2D eigenvalue weighted by Crippen LogP contribution is -2.39. The smallest absolute Gasteiger partial charge is 0.339 e. The van der Waals surface area contributed by atoms with Crippen LogP contribution in [0.1, 0.15) is 30.2 Å². The monoisotopic (exact) mass is 471 g/mol. The fourth-order valence-corrected chi connectivity index (χ4v) is 5.16. The Bertz CT molecular complexity index is 1180. The highest BCUT2D eigenvalue weighted by molar-refractivity contribution is 7.89. The molecule has 0 unspecified atom stereocenters. The molecule has 3 aromatic rings. The van der Waals surface area contributed by atoms with Gasteiger partial charge in [0.05, 0.1) is 16.4 Å². The van der Waals surface area contributed by atoms with E-state index in [-0.39, 0.29) is 24.9 Å². The van der Waals surface area contributed by atoms with Gasteiger partial charge in [-0.2, -0.15) is 22.5 Å². The van der Waals surface area contributed by atoms with Crippen molar-refractivity contribution in [3.8, 4) is 11.4 Å². The number of halogens is 4. The van der Waals surface area contributed by atoms with E-state index in [1.807, 2.05) is 0 Å². The summed E-state index contributed by atoms with van der Waals surface area (Å²) in [4.78, 5) is 3.99. The summed E-state index contributed by atoms with van der Waals surface area (Å²) in [5, 5.41) is 4.52. The highest BCUT2D eigenvalue weighted by Crippen LogP contribution is 2.34. The molecule has 0 spiro atoms. The predicted molar refractivity (Wildman–Crippen MR) is 107 cm³/mol. The van der Waals surface area contributed by atoms with Gasteiger partial charge in [0.15, 0.2) is 0 Å². The first kappa shape index (κ1) is 21.8. The third-order valence-corrected chi connectivity index (χ3v) is 7.19. The topological polar surface area (TPSA) is 76.3 Å². The van der Waals surface area contributed by atoms with Crippen molar-refractivity contribution in [2.45, 2.75) is 29.8 Å². The number of hydrogen-bond donors (Lipinski definition) is 0. The molecule has 0 saturated carbocycles. The van der Waals surface area contributed by atoms with Crippen LogP contribution in [0.25, 0.3) is 11.4 Å². The molecule has 11 heteroatoms. The average Bonchev–Trinajstić information content (AvgIpc) is 3.24. The Hall–Kier alpha value is -2.43. The van der Waals surface area contributed by atoms with Crippen molar-refractivity contribution >= 4 is 21.6 Å². The first-order chi connectivity index (χ1) is 14.6. The number of alkyl halides is 3. The third-order valence-electron chi connectivity index (χ3n) is 5.08. The van der Waals surface area contributed by atoms with E-state index in [0.717, 1.165) is 12.1 Å². The van der Waals surface area contributed by atoms with Crippen LogP contribution in [0.4, 0.5) is 13.2 Å². The molecule has 6 nitrogen and oxygen atoms in total. The molecule has 31 heavy (non-hydrogen) atoms. The maximum absolute atomic E-state index is 13.0. The van der Waals surface area contributed by atoms with Crippen LogP contribution in [-0.2, 0) is 16.2 Å². The van der Waals surface area contributed by atoms with E-state index < -0.39 is 26.7 Å². The molecule has 1 atom stereocenters. The van der Waals surface area contributed by atoms with Gasteiger partial charge in [-0.15, -0.1) is 0 Å². The van der Waals surface area contributed by atoms with E-state index in [4.69, 9.17) is 16.1 Å². The standard InChI is InChI=1S/C20H17ClF3N3O3S/c21-16-8-6-13(7-9-16)18-25-19(30-26-18)14-3-2-10-27(12-14)31(28,29)17-5-1-4-15(11-17)20(22,23)24/h1,4-9,11,14H,2-3,10,12H2/t14-/m0/s1. The molecule has 1 aromatic heterocycles. The van der Waals surface area contributed by atoms with E-state index in [1.165, 1.54) is 10.4 Å². The van der Waals surface area contributed by atoms with Crippen molar-refractivity contribution < 1.29 is 26.1 Å². The van der Waals surface area contributed by atoms with Crippen LogP contribution in [0, 0.1) is 0 Å². The van der Waals surface area contributed by atoms with E-state index in [1.54, 1.807) is 24.3 Å². The lowest BCUT2D eigenvalue weighted by molar-refractivity contribution is -0.137. The number of hydrogen-bond acceptors (Lipinski definition) is 5. The van der Waals surface area contributed by atoms with Gasteiger partial charge in [0, 0.05) is 23.7 Å². The van der Waals surface area contributed by atoms with Crippen LogP contribution >= 0.6 is 11.6 Å². The second-order valence-electron chi connectivity index (χ2n) is 7.19. The van der Waals surface area contributed by atoms with Crippen molar-refractivity contribution in [1.82, 2.24) is 14.4 Å². The Morgan fingerprint density at radius 2 is 1.87 bits per heavy atom. The Labute approximate surface area is 181 Å². The molecule has 1 aliphatic heterocycles. The Morgan fingerprint density at radius 1 is 1.13 bits per heavy atom. The zero-order valence-corrected chi connectivity index (χ0v) is 17.6. The summed E-state index contributed by atoms with van der Waals surface area (Å²) in [7, 11) is -4.11. The van der Waals surface area contributed by atoms with E-state index in [9.17, 15) is 21.6 Å². The zero-order chi connectivity index (χ0) is 22.2. The van der Waals surface area contributed by atoms with E-state index in [0.29, 0.717) is 35.3 Å². The van der Waals surface area contributed by atoms with Crippen LogP contribution in [0.5, 0.6) is 0 Å². The molecule has 0 radical (unpaired) electrons. The number of rotatable bonds is 4. The van der Waals surface area contributed by atoms with Gasteiger partial charge in [0.2, 0.25) is 21.7 Å². The largest absolute Gasteiger partial charge is 0.416 e. The average molecular weight is 472 g/mol. The normalized spacial score (nSPS) is 18.3.